The fraction of sp³-hybridized carbons (Fsp3) is 0.417. The summed E-state index contributed by atoms with van der Waals surface area (Å²) in [6.07, 6.45) is 0.744. The molecule has 0 saturated carbocycles. The summed E-state index contributed by atoms with van der Waals surface area (Å²) in [5.74, 6) is 0. The monoisotopic (exact) mass is 249 g/mol. The van der Waals surface area contributed by atoms with Crippen molar-refractivity contribution in [3.8, 4) is 6.07 Å². The molecule has 0 bridgehead atoms. The van der Waals surface area contributed by atoms with Gasteiger partial charge in [-0.3, -0.25) is 10.1 Å². The van der Waals surface area contributed by atoms with Crippen LogP contribution in [-0.2, 0) is 4.74 Å². The quantitative estimate of drug-likeness (QED) is 0.617. The van der Waals surface area contributed by atoms with Crippen LogP contribution in [0.3, 0.4) is 0 Å². The minimum Gasteiger partial charge on any atom is -0.385 e. The highest BCUT2D eigenvalue weighted by Gasteiger charge is 2.16. The molecule has 1 unspecified atom stereocenters. The molecule has 0 aliphatic heterocycles. The van der Waals surface area contributed by atoms with Gasteiger partial charge >= 0.3 is 0 Å². The van der Waals surface area contributed by atoms with Gasteiger partial charge in [-0.2, -0.15) is 5.26 Å². The van der Waals surface area contributed by atoms with E-state index in [4.69, 9.17) is 10.00 Å². The van der Waals surface area contributed by atoms with Gasteiger partial charge in [0.15, 0.2) is 0 Å². The van der Waals surface area contributed by atoms with E-state index in [1.54, 1.807) is 19.2 Å². The number of nitrogens with zero attached hydrogens (tertiary/aromatic N) is 2. The Kier molecular flexibility index (Phi) is 5.08. The third kappa shape index (κ3) is 3.71. The smallest absolute Gasteiger partial charge is 0.293 e. The molecule has 0 fully saturated rings. The van der Waals surface area contributed by atoms with E-state index < -0.39 is 4.92 Å². The third-order valence-electron chi connectivity index (χ3n) is 2.48. The van der Waals surface area contributed by atoms with Crippen LogP contribution >= 0.6 is 0 Å². The first kappa shape index (κ1) is 13.9. The van der Waals surface area contributed by atoms with E-state index in [9.17, 15) is 10.1 Å². The van der Waals surface area contributed by atoms with Gasteiger partial charge in [-0.05, 0) is 25.5 Å². The van der Waals surface area contributed by atoms with E-state index in [0.717, 1.165) is 6.42 Å². The van der Waals surface area contributed by atoms with Crippen LogP contribution in [0.25, 0.3) is 0 Å². The molecule has 18 heavy (non-hydrogen) atoms. The van der Waals surface area contributed by atoms with Crippen LogP contribution in [0.4, 0.5) is 11.4 Å². The summed E-state index contributed by atoms with van der Waals surface area (Å²) in [7, 11) is 1.61. The normalized spacial score (nSPS) is 11.6. The predicted octanol–water partition coefficient (Wildman–Crippen LogP) is 2.30. The number of hydrogen-bond acceptors (Lipinski definition) is 5. The van der Waals surface area contributed by atoms with Gasteiger partial charge in [0.2, 0.25) is 0 Å². The Morgan fingerprint density at radius 1 is 1.61 bits per heavy atom. The molecule has 0 radical (unpaired) electrons. The number of anilines is 1. The van der Waals surface area contributed by atoms with Crippen molar-refractivity contribution in [3.05, 3.63) is 33.9 Å². The lowest BCUT2D eigenvalue weighted by atomic mass is 10.1. The average Bonchev–Trinajstić information content (AvgIpc) is 2.36. The number of nitro benzene ring substituents is 1. The van der Waals surface area contributed by atoms with Crippen LogP contribution < -0.4 is 5.32 Å². The van der Waals surface area contributed by atoms with Crippen LogP contribution in [0.1, 0.15) is 18.9 Å². The van der Waals surface area contributed by atoms with Crippen molar-refractivity contribution in [1.29, 1.82) is 5.26 Å². The molecular weight excluding hydrogens is 234 g/mol. The van der Waals surface area contributed by atoms with Crippen LogP contribution in [0.5, 0.6) is 0 Å². The summed E-state index contributed by atoms with van der Waals surface area (Å²) < 4.78 is 4.95. The van der Waals surface area contributed by atoms with Crippen LogP contribution in [0.15, 0.2) is 18.2 Å². The Balaban J connectivity index is 2.88. The lowest BCUT2D eigenvalue weighted by molar-refractivity contribution is -0.384. The molecule has 1 aromatic carbocycles. The third-order valence-corrected chi connectivity index (χ3v) is 2.48. The first-order valence-corrected chi connectivity index (χ1v) is 5.52. The van der Waals surface area contributed by atoms with Crippen LogP contribution in [0, 0.1) is 21.4 Å². The van der Waals surface area contributed by atoms with Gasteiger partial charge in [-0.1, -0.05) is 0 Å². The summed E-state index contributed by atoms with van der Waals surface area (Å²) in [6.45, 7) is 2.50. The molecule has 0 saturated heterocycles. The summed E-state index contributed by atoms with van der Waals surface area (Å²) in [4.78, 5) is 10.4. The number of nitrogens with one attached hydrogen (secondary N) is 1. The molecule has 0 spiro atoms. The maximum atomic E-state index is 10.9. The van der Waals surface area contributed by atoms with Gasteiger partial charge in [-0.15, -0.1) is 0 Å². The van der Waals surface area contributed by atoms with Crippen molar-refractivity contribution in [2.24, 2.45) is 0 Å². The molecule has 6 heteroatoms. The highest BCUT2D eigenvalue weighted by atomic mass is 16.6. The molecular formula is C12H15N3O3. The van der Waals surface area contributed by atoms with Crippen LogP contribution in [-0.4, -0.2) is 24.7 Å². The topological polar surface area (TPSA) is 88.2 Å². The first-order chi connectivity index (χ1) is 8.58. The van der Waals surface area contributed by atoms with Crippen molar-refractivity contribution >= 4 is 11.4 Å². The van der Waals surface area contributed by atoms with E-state index >= 15 is 0 Å². The molecule has 1 aromatic rings. The summed E-state index contributed by atoms with van der Waals surface area (Å²) in [6, 6.07) is 6.32. The number of rotatable bonds is 6. The number of nitro groups is 1. The van der Waals surface area contributed by atoms with Gasteiger partial charge in [-0.25, -0.2) is 0 Å². The number of hydrogen-bond donors (Lipinski definition) is 1. The standard InChI is InChI=1S/C12H15N3O3/c1-9(5-6-18-2)14-11-4-3-10(8-13)7-12(11)15(16)17/h3-4,7,9,14H,5-6H2,1-2H3. The van der Waals surface area contributed by atoms with Gasteiger partial charge in [0.1, 0.15) is 5.69 Å². The summed E-state index contributed by atoms with van der Waals surface area (Å²) >= 11 is 0. The van der Waals surface area contributed by atoms with Gasteiger partial charge < -0.3 is 10.1 Å². The Bertz CT molecular complexity index is 468. The van der Waals surface area contributed by atoms with Crippen LogP contribution in [0.2, 0.25) is 0 Å². The van der Waals surface area contributed by atoms with Gasteiger partial charge in [0.05, 0.1) is 16.6 Å². The Hall–Kier alpha value is -2.13. The molecule has 0 aromatic heterocycles. The zero-order valence-corrected chi connectivity index (χ0v) is 10.3. The zero-order valence-electron chi connectivity index (χ0n) is 10.3. The maximum Gasteiger partial charge on any atom is 0.293 e. The van der Waals surface area contributed by atoms with Gasteiger partial charge in [0, 0.05) is 25.8 Å². The average molecular weight is 249 g/mol. The largest absolute Gasteiger partial charge is 0.385 e. The summed E-state index contributed by atoms with van der Waals surface area (Å²) in [5.41, 5.74) is 0.609. The van der Waals surface area contributed by atoms with E-state index in [1.807, 2.05) is 13.0 Å². The molecule has 0 amide bonds. The number of nitriles is 1. The molecule has 0 aliphatic carbocycles. The van der Waals surface area contributed by atoms with Crippen molar-refractivity contribution in [2.45, 2.75) is 19.4 Å². The molecule has 1 N–H and O–H groups in total. The van der Waals surface area contributed by atoms with E-state index in [0.29, 0.717) is 12.3 Å². The van der Waals surface area contributed by atoms with Crippen molar-refractivity contribution in [2.75, 3.05) is 19.0 Å². The lowest BCUT2D eigenvalue weighted by Crippen LogP contribution is -2.18. The highest BCUT2D eigenvalue weighted by Crippen LogP contribution is 2.26. The molecule has 1 rings (SSSR count). The molecule has 6 nitrogen and oxygen atoms in total. The Morgan fingerprint density at radius 3 is 2.89 bits per heavy atom. The molecule has 0 aliphatic rings. The Labute approximate surface area is 105 Å². The van der Waals surface area contributed by atoms with Crippen molar-refractivity contribution in [1.82, 2.24) is 0 Å². The minimum absolute atomic E-state index is 0.0524. The second-order valence-electron chi connectivity index (χ2n) is 3.93. The Morgan fingerprint density at radius 2 is 2.33 bits per heavy atom. The van der Waals surface area contributed by atoms with Gasteiger partial charge in [0.25, 0.3) is 5.69 Å². The summed E-state index contributed by atoms with van der Waals surface area (Å²) in [5, 5.41) is 22.7. The second-order valence-corrected chi connectivity index (χ2v) is 3.93. The number of methoxy groups -OCH3 is 1. The fourth-order valence-electron chi connectivity index (χ4n) is 1.51. The van der Waals surface area contributed by atoms with Crippen molar-refractivity contribution in [3.63, 3.8) is 0 Å². The fourth-order valence-corrected chi connectivity index (χ4v) is 1.51. The van der Waals surface area contributed by atoms with E-state index in [1.165, 1.54) is 6.07 Å². The number of benzene rings is 1. The molecule has 0 heterocycles. The maximum absolute atomic E-state index is 10.9. The van der Waals surface area contributed by atoms with E-state index in [-0.39, 0.29) is 17.3 Å². The number of ether oxygens (including phenoxy) is 1. The second kappa shape index (κ2) is 6.57. The first-order valence-electron chi connectivity index (χ1n) is 5.52. The zero-order chi connectivity index (χ0) is 13.5. The predicted molar refractivity (Wildman–Crippen MR) is 67.4 cm³/mol. The molecule has 96 valence electrons. The molecule has 1 atom stereocenters. The highest BCUT2D eigenvalue weighted by molar-refractivity contribution is 5.64. The lowest BCUT2D eigenvalue weighted by Gasteiger charge is -2.14. The van der Waals surface area contributed by atoms with E-state index in [2.05, 4.69) is 5.32 Å². The minimum atomic E-state index is -0.494. The van der Waals surface area contributed by atoms with Crippen molar-refractivity contribution < 1.29 is 9.66 Å². The SMILES string of the molecule is COCCC(C)Nc1ccc(C#N)cc1[N+](=O)[O-].